The Balaban J connectivity index is 1.34. The molecule has 0 aliphatic carbocycles. The van der Waals surface area contributed by atoms with Gasteiger partial charge in [0.25, 0.3) is 5.91 Å². The second-order valence-corrected chi connectivity index (χ2v) is 10.6. The molecular formula is C26H20BrI2N3O2. The summed E-state index contributed by atoms with van der Waals surface area (Å²) in [6.45, 7) is 0.622. The van der Waals surface area contributed by atoms with Gasteiger partial charge in [-0.25, -0.2) is 5.43 Å². The number of hydrazone groups is 1. The number of rotatable bonds is 8. The molecule has 5 nitrogen and oxygen atoms in total. The normalized spacial score (nSPS) is 11.0. The van der Waals surface area contributed by atoms with E-state index in [9.17, 15) is 4.79 Å². The van der Waals surface area contributed by atoms with Gasteiger partial charge in [-0.05, 0) is 103 Å². The molecule has 34 heavy (non-hydrogen) atoms. The zero-order valence-corrected chi connectivity index (χ0v) is 23.8. The summed E-state index contributed by atoms with van der Waals surface area (Å²) >= 11 is 7.92. The van der Waals surface area contributed by atoms with Gasteiger partial charge in [-0.15, -0.1) is 0 Å². The van der Waals surface area contributed by atoms with Crippen LogP contribution in [-0.4, -0.2) is 18.7 Å². The monoisotopic (exact) mass is 739 g/mol. The van der Waals surface area contributed by atoms with Crippen LogP contribution in [0.4, 0.5) is 5.69 Å². The first kappa shape index (κ1) is 24.9. The van der Waals surface area contributed by atoms with E-state index >= 15 is 0 Å². The highest BCUT2D eigenvalue weighted by Gasteiger charge is 2.10. The predicted molar refractivity (Wildman–Crippen MR) is 159 cm³/mol. The highest BCUT2D eigenvalue weighted by atomic mass is 127. The number of nitrogens with one attached hydrogen (secondary N) is 2. The number of amides is 1. The molecule has 2 N–H and O–H groups in total. The lowest BCUT2D eigenvalue weighted by molar-refractivity contribution is -0.119. The largest absolute Gasteiger partial charge is 0.487 e. The highest BCUT2D eigenvalue weighted by Crippen LogP contribution is 2.30. The van der Waals surface area contributed by atoms with Crippen LogP contribution >= 0.6 is 61.1 Å². The van der Waals surface area contributed by atoms with Crippen LogP contribution in [0, 0.1) is 7.14 Å². The number of carbonyl (C=O) groups excluding carboxylic acids is 1. The molecule has 0 fully saturated rings. The molecule has 0 bridgehead atoms. The number of nitrogens with zero attached hydrogens (tertiary/aromatic N) is 1. The molecule has 4 rings (SSSR count). The summed E-state index contributed by atoms with van der Waals surface area (Å²) in [6.07, 6.45) is 1.64. The van der Waals surface area contributed by atoms with E-state index in [1.54, 1.807) is 6.21 Å². The van der Waals surface area contributed by atoms with Crippen molar-refractivity contribution >= 4 is 89.7 Å². The van der Waals surface area contributed by atoms with Gasteiger partial charge < -0.3 is 10.1 Å². The van der Waals surface area contributed by atoms with Crippen LogP contribution in [-0.2, 0) is 11.4 Å². The smallest absolute Gasteiger partial charge is 0.259 e. The van der Waals surface area contributed by atoms with E-state index in [1.165, 1.54) is 10.8 Å². The van der Waals surface area contributed by atoms with Crippen LogP contribution in [0.1, 0.15) is 11.1 Å². The molecular weight excluding hydrogens is 720 g/mol. The van der Waals surface area contributed by atoms with E-state index in [0.29, 0.717) is 6.61 Å². The van der Waals surface area contributed by atoms with Gasteiger partial charge in [-0.2, -0.15) is 5.10 Å². The number of hydrogen-bond donors (Lipinski definition) is 2. The predicted octanol–water partition coefficient (Wildman–Crippen LogP) is 6.95. The number of fused-ring (bicyclic) bond motifs is 1. The molecule has 4 aromatic carbocycles. The van der Waals surface area contributed by atoms with Crippen molar-refractivity contribution in [2.45, 2.75) is 6.61 Å². The lowest BCUT2D eigenvalue weighted by atomic mass is 10.1. The van der Waals surface area contributed by atoms with Crippen molar-refractivity contribution in [2.75, 3.05) is 11.9 Å². The Labute approximate surface area is 233 Å². The fourth-order valence-corrected chi connectivity index (χ4v) is 5.72. The molecule has 0 aliphatic rings. The number of carbonyl (C=O) groups is 1. The number of ether oxygens (including phenoxy) is 1. The summed E-state index contributed by atoms with van der Waals surface area (Å²) < 4.78 is 9.15. The second-order valence-electron chi connectivity index (χ2n) is 7.39. The highest BCUT2D eigenvalue weighted by molar-refractivity contribution is 14.1. The molecule has 0 saturated carbocycles. The molecule has 0 saturated heterocycles. The fraction of sp³-hybridized carbons (Fsp3) is 0.0769. The minimum absolute atomic E-state index is 0.134. The molecule has 172 valence electrons. The summed E-state index contributed by atoms with van der Waals surface area (Å²) in [5.41, 5.74) is 5.45. The van der Waals surface area contributed by atoms with E-state index in [-0.39, 0.29) is 12.5 Å². The molecule has 1 amide bonds. The number of halogens is 3. The van der Waals surface area contributed by atoms with Gasteiger partial charge >= 0.3 is 0 Å². The molecule has 0 aromatic heterocycles. The van der Waals surface area contributed by atoms with Gasteiger partial charge in [0.1, 0.15) is 12.4 Å². The second kappa shape index (κ2) is 12.0. The Hall–Kier alpha value is -2.18. The van der Waals surface area contributed by atoms with E-state index in [4.69, 9.17) is 4.74 Å². The lowest BCUT2D eigenvalue weighted by Crippen LogP contribution is -2.25. The molecule has 0 atom stereocenters. The third kappa shape index (κ3) is 6.70. The molecule has 8 heteroatoms. The Morgan fingerprint density at radius 2 is 1.68 bits per heavy atom. The zero-order chi connectivity index (χ0) is 23.9. The van der Waals surface area contributed by atoms with Gasteiger partial charge in [0.05, 0.1) is 19.9 Å². The van der Waals surface area contributed by atoms with Crippen molar-refractivity contribution in [1.29, 1.82) is 0 Å². The van der Waals surface area contributed by atoms with Crippen LogP contribution in [0.2, 0.25) is 0 Å². The van der Waals surface area contributed by atoms with Gasteiger partial charge in [-0.3, -0.25) is 4.79 Å². The van der Waals surface area contributed by atoms with Crippen LogP contribution in [0.15, 0.2) is 88.4 Å². The van der Waals surface area contributed by atoms with Crippen molar-refractivity contribution in [3.63, 3.8) is 0 Å². The number of benzene rings is 4. The van der Waals surface area contributed by atoms with E-state index in [0.717, 1.165) is 34.2 Å². The minimum atomic E-state index is -0.224. The van der Waals surface area contributed by atoms with Crippen molar-refractivity contribution in [2.24, 2.45) is 5.10 Å². The van der Waals surface area contributed by atoms with Crippen LogP contribution in [0.5, 0.6) is 5.75 Å². The fourth-order valence-electron chi connectivity index (χ4n) is 3.33. The summed E-state index contributed by atoms with van der Waals surface area (Å²) in [4.78, 5) is 12.1. The average Bonchev–Trinajstić information content (AvgIpc) is 2.83. The van der Waals surface area contributed by atoms with Crippen molar-refractivity contribution in [3.05, 3.63) is 102 Å². The van der Waals surface area contributed by atoms with E-state index in [2.05, 4.69) is 107 Å². The van der Waals surface area contributed by atoms with Gasteiger partial charge in [0.15, 0.2) is 0 Å². The third-order valence-electron chi connectivity index (χ3n) is 4.97. The Bertz CT molecular complexity index is 1320. The quantitative estimate of drug-likeness (QED) is 0.117. The first-order valence-corrected chi connectivity index (χ1v) is 13.3. The van der Waals surface area contributed by atoms with Gasteiger partial charge in [0.2, 0.25) is 0 Å². The Kier molecular flexibility index (Phi) is 8.79. The molecule has 0 radical (unpaired) electrons. The standard InChI is InChI=1S/C26H20BrI2N3O2/c27-20-8-10-21(11-9-20)30-15-25(33)32-31-14-17-12-23(28)26(24(29)13-17)34-16-19-6-3-5-18-4-1-2-7-22(18)19/h1-14,30H,15-16H2,(H,32,33)/b31-14-. The summed E-state index contributed by atoms with van der Waals surface area (Å²) in [5, 5.41) is 9.55. The first-order chi connectivity index (χ1) is 16.5. The summed E-state index contributed by atoms with van der Waals surface area (Å²) in [7, 11) is 0. The topological polar surface area (TPSA) is 62.7 Å². The van der Waals surface area contributed by atoms with Crippen LogP contribution < -0.4 is 15.5 Å². The van der Waals surface area contributed by atoms with Crippen LogP contribution in [0.3, 0.4) is 0 Å². The van der Waals surface area contributed by atoms with Gasteiger partial charge in [0, 0.05) is 10.2 Å². The molecule has 4 aromatic rings. The molecule has 0 unspecified atom stereocenters. The minimum Gasteiger partial charge on any atom is -0.487 e. The molecule has 0 aliphatic heterocycles. The lowest BCUT2D eigenvalue weighted by Gasteiger charge is -2.13. The Morgan fingerprint density at radius 3 is 2.44 bits per heavy atom. The van der Waals surface area contributed by atoms with Crippen molar-refractivity contribution in [3.8, 4) is 5.75 Å². The third-order valence-corrected chi connectivity index (χ3v) is 7.10. The molecule has 0 spiro atoms. The Morgan fingerprint density at radius 1 is 0.971 bits per heavy atom. The summed E-state index contributed by atoms with van der Waals surface area (Å²) in [5.74, 6) is 0.618. The maximum Gasteiger partial charge on any atom is 0.259 e. The first-order valence-electron chi connectivity index (χ1n) is 10.4. The zero-order valence-electron chi connectivity index (χ0n) is 17.9. The average molecular weight is 740 g/mol. The van der Waals surface area contributed by atoms with E-state index in [1.807, 2.05) is 48.5 Å². The maximum absolute atomic E-state index is 12.1. The van der Waals surface area contributed by atoms with Gasteiger partial charge in [-0.1, -0.05) is 58.4 Å². The number of hydrogen-bond acceptors (Lipinski definition) is 4. The SMILES string of the molecule is O=C(CNc1ccc(Br)cc1)N/N=C\c1cc(I)c(OCc2cccc3ccccc23)c(I)c1. The van der Waals surface area contributed by atoms with E-state index < -0.39 is 0 Å². The molecule has 0 heterocycles. The number of anilines is 1. The van der Waals surface area contributed by atoms with Crippen molar-refractivity contribution < 1.29 is 9.53 Å². The van der Waals surface area contributed by atoms with Crippen LogP contribution in [0.25, 0.3) is 10.8 Å². The van der Waals surface area contributed by atoms with Crippen molar-refractivity contribution in [1.82, 2.24) is 5.43 Å². The maximum atomic E-state index is 12.1. The summed E-state index contributed by atoms with van der Waals surface area (Å²) in [6, 6.07) is 26.2.